The minimum atomic E-state index is -0.263. The maximum Gasteiger partial charge on any atom is 0.271 e. The van der Waals surface area contributed by atoms with Crippen molar-refractivity contribution in [3.8, 4) is 11.5 Å². The van der Waals surface area contributed by atoms with Gasteiger partial charge in [-0.2, -0.15) is 5.10 Å². The molecule has 5 heteroatoms. The van der Waals surface area contributed by atoms with Gasteiger partial charge in [0.15, 0.2) is 0 Å². The van der Waals surface area contributed by atoms with Gasteiger partial charge in [0.1, 0.15) is 11.5 Å². The largest absolute Gasteiger partial charge is 0.497 e. The Morgan fingerprint density at radius 3 is 2.13 bits per heavy atom. The van der Waals surface area contributed by atoms with Crippen LogP contribution in [0.15, 0.2) is 53.6 Å². The number of nitrogens with one attached hydrogen (secondary N) is 1. The van der Waals surface area contributed by atoms with E-state index in [0.29, 0.717) is 17.9 Å². The van der Waals surface area contributed by atoms with Gasteiger partial charge in [-0.1, -0.05) is 0 Å². The number of carbonyl (C=O) groups is 1. The van der Waals surface area contributed by atoms with Crippen molar-refractivity contribution in [3.63, 3.8) is 0 Å². The van der Waals surface area contributed by atoms with Crippen molar-refractivity contribution in [1.82, 2.24) is 5.43 Å². The molecule has 0 aliphatic rings. The molecule has 0 fully saturated rings. The highest BCUT2D eigenvalue weighted by molar-refractivity contribution is 6.00. The fourth-order valence-corrected chi connectivity index (χ4v) is 1.97. The number of carbonyl (C=O) groups excluding carboxylic acids is 1. The van der Waals surface area contributed by atoms with Gasteiger partial charge in [0.05, 0.1) is 19.4 Å². The minimum Gasteiger partial charge on any atom is -0.497 e. The van der Waals surface area contributed by atoms with E-state index in [4.69, 9.17) is 9.47 Å². The zero-order chi connectivity index (χ0) is 16.7. The average molecular weight is 312 g/mol. The first-order valence-electron chi connectivity index (χ1n) is 7.36. The smallest absolute Gasteiger partial charge is 0.271 e. The van der Waals surface area contributed by atoms with E-state index in [1.165, 1.54) is 0 Å². The summed E-state index contributed by atoms with van der Waals surface area (Å²) in [6, 6.07) is 14.4. The first-order valence-corrected chi connectivity index (χ1v) is 7.36. The molecule has 1 N–H and O–H groups in total. The molecule has 0 aliphatic carbocycles. The molecule has 0 bridgehead atoms. The van der Waals surface area contributed by atoms with Gasteiger partial charge in [-0.05, 0) is 67.9 Å². The molecule has 0 aromatic heterocycles. The van der Waals surface area contributed by atoms with Crippen LogP contribution in [-0.2, 0) is 0 Å². The highest BCUT2D eigenvalue weighted by atomic mass is 16.5. The Balaban J connectivity index is 2.01. The van der Waals surface area contributed by atoms with Crippen LogP contribution in [0.3, 0.4) is 0 Å². The van der Waals surface area contributed by atoms with E-state index in [1.54, 1.807) is 31.4 Å². The number of rotatable bonds is 6. The van der Waals surface area contributed by atoms with Crippen LogP contribution < -0.4 is 14.9 Å². The van der Waals surface area contributed by atoms with Crippen molar-refractivity contribution in [2.75, 3.05) is 13.7 Å². The number of benzene rings is 2. The summed E-state index contributed by atoms with van der Waals surface area (Å²) in [7, 11) is 1.62. The van der Waals surface area contributed by atoms with Crippen LogP contribution in [0, 0.1) is 0 Å². The Hall–Kier alpha value is -2.82. The molecule has 0 heterocycles. The number of ether oxygens (including phenoxy) is 2. The maximum absolute atomic E-state index is 12.1. The van der Waals surface area contributed by atoms with Gasteiger partial charge in [-0.25, -0.2) is 5.43 Å². The second kappa shape index (κ2) is 7.98. The van der Waals surface area contributed by atoms with E-state index in [0.717, 1.165) is 17.1 Å². The normalized spacial score (nSPS) is 11.0. The number of amides is 1. The van der Waals surface area contributed by atoms with E-state index in [1.807, 2.05) is 38.1 Å². The third kappa shape index (κ3) is 4.57. The molecule has 23 heavy (non-hydrogen) atoms. The highest BCUT2D eigenvalue weighted by Gasteiger charge is 2.05. The van der Waals surface area contributed by atoms with Crippen molar-refractivity contribution in [2.45, 2.75) is 13.8 Å². The molecule has 1 amide bonds. The summed E-state index contributed by atoms with van der Waals surface area (Å²) < 4.78 is 10.5. The van der Waals surface area contributed by atoms with Gasteiger partial charge in [-0.15, -0.1) is 0 Å². The maximum atomic E-state index is 12.1. The quantitative estimate of drug-likeness (QED) is 0.658. The van der Waals surface area contributed by atoms with Crippen molar-refractivity contribution >= 4 is 11.6 Å². The summed E-state index contributed by atoms with van der Waals surface area (Å²) in [6.45, 7) is 4.34. The first kappa shape index (κ1) is 16.5. The van der Waals surface area contributed by atoms with Crippen molar-refractivity contribution < 1.29 is 14.3 Å². The summed E-state index contributed by atoms with van der Waals surface area (Å²) in [5, 5.41) is 4.13. The molecule has 0 saturated carbocycles. The van der Waals surface area contributed by atoms with Gasteiger partial charge < -0.3 is 9.47 Å². The standard InChI is InChI=1S/C18H20N2O3/c1-4-23-17-11-7-15(8-12-17)18(21)20-19-13(2)14-5-9-16(22-3)10-6-14/h5-12H,4H2,1-3H3,(H,20,21). The molecule has 0 saturated heterocycles. The highest BCUT2D eigenvalue weighted by Crippen LogP contribution is 2.13. The summed E-state index contributed by atoms with van der Waals surface area (Å²) in [5.41, 5.74) is 4.71. The average Bonchev–Trinajstić information content (AvgIpc) is 2.60. The summed E-state index contributed by atoms with van der Waals surface area (Å²) in [6.07, 6.45) is 0. The predicted octanol–water partition coefficient (Wildman–Crippen LogP) is 3.25. The summed E-state index contributed by atoms with van der Waals surface area (Å²) in [5.74, 6) is 1.25. The molecule has 0 unspecified atom stereocenters. The van der Waals surface area contributed by atoms with Crippen LogP contribution in [0.4, 0.5) is 0 Å². The van der Waals surface area contributed by atoms with Gasteiger partial charge in [0, 0.05) is 5.56 Å². The SMILES string of the molecule is CCOc1ccc(C(=O)NN=C(C)c2ccc(OC)cc2)cc1. The van der Waals surface area contributed by atoms with Crippen LogP contribution in [0.1, 0.15) is 29.8 Å². The number of nitrogens with zero attached hydrogens (tertiary/aromatic N) is 1. The van der Waals surface area contributed by atoms with E-state index in [9.17, 15) is 4.79 Å². The molecular weight excluding hydrogens is 292 g/mol. The lowest BCUT2D eigenvalue weighted by molar-refractivity contribution is 0.0955. The van der Waals surface area contributed by atoms with Crippen molar-refractivity contribution in [1.29, 1.82) is 0 Å². The van der Waals surface area contributed by atoms with Crippen LogP contribution in [0.5, 0.6) is 11.5 Å². The zero-order valence-corrected chi connectivity index (χ0v) is 13.5. The van der Waals surface area contributed by atoms with Gasteiger partial charge >= 0.3 is 0 Å². The Labute approximate surface area is 135 Å². The summed E-state index contributed by atoms with van der Waals surface area (Å²) >= 11 is 0. The third-order valence-corrected chi connectivity index (χ3v) is 3.26. The Morgan fingerprint density at radius 1 is 1.00 bits per heavy atom. The van der Waals surface area contributed by atoms with Crippen LogP contribution in [0.2, 0.25) is 0 Å². The lowest BCUT2D eigenvalue weighted by Gasteiger charge is -2.06. The Bertz CT molecular complexity index is 676. The molecule has 2 aromatic rings. The molecule has 2 aromatic carbocycles. The zero-order valence-electron chi connectivity index (χ0n) is 13.5. The van der Waals surface area contributed by atoms with Crippen molar-refractivity contribution in [3.05, 3.63) is 59.7 Å². The van der Waals surface area contributed by atoms with E-state index < -0.39 is 0 Å². The van der Waals surface area contributed by atoms with Crippen molar-refractivity contribution in [2.24, 2.45) is 5.10 Å². The molecule has 0 aliphatic heterocycles. The lowest BCUT2D eigenvalue weighted by atomic mass is 10.1. The van der Waals surface area contributed by atoms with Crippen LogP contribution in [0.25, 0.3) is 0 Å². The number of hydrazone groups is 1. The second-order valence-corrected chi connectivity index (χ2v) is 4.82. The Kier molecular flexibility index (Phi) is 5.74. The fourth-order valence-electron chi connectivity index (χ4n) is 1.97. The molecular formula is C18H20N2O3. The lowest BCUT2D eigenvalue weighted by Crippen LogP contribution is -2.19. The number of methoxy groups -OCH3 is 1. The van der Waals surface area contributed by atoms with E-state index in [2.05, 4.69) is 10.5 Å². The first-order chi connectivity index (χ1) is 11.1. The monoisotopic (exact) mass is 312 g/mol. The van der Waals surface area contributed by atoms with E-state index >= 15 is 0 Å². The predicted molar refractivity (Wildman–Crippen MR) is 90.3 cm³/mol. The van der Waals surface area contributed by atoms with E-state index in [-0.39, 0.29) is 5.91 Å². The third-order valence-electron chi connectivity index (χ3n) is 3.26. The molecule has 0 spiro atoms. The number of hydrogen-bond donors (Lipinski definition) is 1. The van der Waals surface area contributed by atoms with Crippen LogP contribution in [-0.4, -0.2) is 25.3 Å². The summed E-state index contributed by atoms with van der Waals surface area (Å²) in [4.78, 5) is 12.1. The number of hydrogen-bond acceptors (Lipinski definition) is 4. The fraction of sp³-hybridized carbons (Fsp3) is 0.222. The van der Waals surface area contributed by atoms with Crippen LogP contribution >= 0.6 is 0 Å². The molecule has 0 atom stereocenters. The molecule has 5 nitrogen and oxygen atoms in total. The Morgan fingerprint density at radius 2 is 1.57 bits per heavy atom. The minimum absolute atomic E-state index is 0.263. The topological polar surface area (TPSA) is 59.9 Å². The molecule has 2 rings (SSSR count). The van der Waals surface area contributed by atoms with Gasteiger partial charge in [0.25, 0.3) is 5.91 Å². The van der Waals surface area contributed by atoms with Gasteiger partial charge in [0.2, 0.25) is 0 Å². The van der Waals surface area contributed by atoms with Gasteiger partial charge in [-0.3, -0.25) is 4.79 Å². The second-order valence-electron chi connectivity index (χ2n) is 4.82. The molecule has 120 valence electrons. The molecule has 0 radical (unpaired) electrons.